The minimum Gasteiger partial charge on any atom is -0.484 e. The third kappa shape index (κ3) is 8.55. The first-order valence-electron chi connectivity index (χ1n) is 15.1. The fourth-order valence-electron chi connectivity index (χ4n) is 5.96. The van der Waals surface area contributed by atoms with Gasteiger partial charge in [-0.2, -0.15) is 0 Å². The monoisotopic (exact) mass is 598 g/mol. The maximum atomic E-state index is 13.8. The van der Waals surface area contributed by atoms with Crippen molar-refractivity contribution in [1.29, 1.82) is 0 Å². The number of piperidine rings is 1. The summed E-state index contributed by atoms with van der Waals surface area (Å²) in [6.45, 7) is 10.3. The van der Waals surface area contributed by atoms with Crippen LogP contribution in [0.3, 0.4) is 0 Å². The normalized spacial score (nSPS) is 18.4. The van der Waals surface area contributed by atoms with E-state index in [1.807, 2.05) is 65.3 Å². The van der Waals surface area contributed by atoms with Gasteiger partial charge in [-0.1, -0.05) is 36.4 Å². The Morgan fingerprint density at radius 2 is 1.62 bits per heavy atom. The van der Waals surface area contributed by atoms with Crippen molar-refractivity contribution in [1.82, 2.24) is 14.1 Å². The molecule has 0 aromatic heterocycles. The molecule has 0 spiro atoms. The smallest absolute Gasteiger partial charge is 0.264 e. The summed E-state index contributed by atoms with van der Waals surface area (Å²) in [5.74, 6) is 0.771. The quantitative estimate of drug-likeness (QED) is 0.480. The number of ether oxygens (including phenoxy) is 1. The Balaban J connectivity index is 1.56. The first kappa shape index (κ1) is 32.0. The van der Waals surface area contributed by atoms with Gasteiger partial charge >= 0.3 is 0 Å². The highest BCUT2D eigenvalue weighted by atomic mass is 32.2. The van der Waals surface area contributed by atoms with Crippen molar-refractivity contribution in [3.8, 4) is 5.75 Å². The van der Waals surface area contributed by atoms with Crippen LogP contribution in [-0.2, 0) is 26.2 Å². The van der Waals surface area contributed by atoms with Crippen LogP contribution < -0.4 is 9.64 Å². The van der Waals surface area contributed by atoms with Gasteiger partial charge in [0.05, 0.1) is 11.9 Å². The highest BCUT2D eigenvalue weighted by Crippen LogP contribution is 2.29. The number of anilines is 1. The van der Waals surface area contributed by atoms with E-state index in [0.717, 1.165) is 36.3 Å². The zero-order valence-electron chi connectivity index (χ0n) is 25.5. The van der Waals surface area contributed by atoms with E-state index < -0.39 is 10.0 Å². The zero-order chi connectivity index (χ0) is 30.3. The molecule has 0 unspecified atom stereocenters. The second kappa shape index (κ2) is 14.5. The summed E-state index contributed by atoms with van der Waals surface area (Å²) < 4.78 is 31.3. The summed E-state index contributed by atoms with van der Waals surface area (Å²) in [4.78, 5) is 33.7. The molecular weight excluding hydrogens is 552 g/mol. The van der Waals surface area contributed by atoms with Crippen molar-refractivity contribution in [2.45, 2.75) is 59.0 Å². The number of para-hydroxylation sites is 2. The number of aryl methyl sites for hydroxylation is 1. The summed E-state index contributed by atoms with van der Waals surface area (Å²) in [5, 5.41) is 0. The Hall–Kier alpha value is -2.95. The Morgan fingerprint density at radius 1 is 0.905 bits per heavy atom. The molecule has 42 heavy (non-hydrogen) atoms. The van der Waals surface area contributed by atoms with Crippen molar-refractivity contribution >= 4 is 27.5 Å². The largest absolute Gasteiger partial charge is 0.484 e. The predicted molar refractivity (Wildman–Crippen MR) is 166 cm³/mol. The van der Waals surface area contributed by atoms with Crippen LogP contribution in [0.1, 0.15) is 50.7 Å². The lowest BCUT2D eigenvalue weighted by Gasteiger charge is -2.33. The second-order valence-electron chi connectivity index (χ2n) is 11.8. The van der Waals surface area contributed by atoms with E-state index in [0.29, 0.717) is 63.8 Å². The van der Waals surface area contributed by atoms with Crippen molar-refractivity contribution in [3.05, 3.63) is 59.7 Å². The first-order valence-corrected chi connectivity index (χ1v) is 16.9. The fourth-order valence-corrected chi connectivity index (χ4v) is 6.84. The van der Waals surface area contributed by atoms with Crippen molar-refractivity contribution in [2.24, 2.45) is 5.92 Å². The topological polar surface area (TPSA) is 90.5 Å². The lowest BCUT2D eigenvalue weighted by molar-refractivity contribution is -0.133. The van der Waals surface area contributed by atoms with E-state index in [1.54, 1.807) is 0 Å². The molecule has 2 aliphatic heterocycles. The Morgan fingerprint density at radius 3 is 2.29 bits per heavy atom. The van der Waals surface area contributed by atoms with Gasteiger partial charge in [0.2, 0.25) is 15.9 Å². The second-order valence-corrected chi connectivity index (χ2v) is 13.8. The molecule has 9 nitrogen and oxygen atoms in total. The van der Waals surface area contributed by atoms with Crippen LogP contribution in [0.4, 0.5) is 5.69 Å². The maximum Gasteiger partial charge on any atom is 0.264 e. The van der Waals surface area contributed by atoms with Gasteiger partial charge in [-0.25, -0.2) is 12.7 Å². The molecule has 1 saturated heterocycles. The summed E-state index contributed by atoms with van der Waals surface area (Å²) in [5.41, 5.74) is 2.79. The van der Waals surface area contributed by atoms with Crippen LogP contribution in [0.2, 0.25) is 0 Å². The van der Waals surface area contributed by atoms with Crippen molar-refractivity contribution < 1.29 is 22.7 Å². The van der Waals surface area contributed by atoms with Crippen LogP contribution in [0, 0.1) is 12.8 Å². The van der Waals surface area contributed by atoms with E-state index in [-0.39, 0.29) is 24.3 Å². The van der Waals surface area contributed by atoms with E-state index in [4.69, 9.17) is 4.74 Å². The lowest BCUT2D eigenvalue weighted by atomic mass is 9.94. The molecule has 10 heteroatoms. The number of nitrogens with zero attached hydrogens (tertiary/aromatic N) is 4. The Kier molecular flexibility index (Phi) is 11.0. The number of fused-ring (bicyclic) bond motifs is 1. The van der Waals surface area contributed by atoms with Crippen LogP contribution in [-0.4, -0.2) is 92.5 Å². The number of benzene rings is 2. The lowest BCUT2D eigenvalue weighted by Crippen LogP contribution is -2.43. The fraction of sp³-hybridized carbons (Fsp3) is 0.562. The van der Waals surface area contributed by atoms with Gasteiger partial charge in [0.25, 0.3) is 5.91 Å². The van der Waals surface area contributed by atoms with Crippen molar-refractivity contribution in [2.75, 3.05) is 57.0 Å². The van der Waals surface area contributed by atoms with Gasteiger partial charge in [0, 0.05) is 58.3 Å². The van der Waals surface area contributed by atoms with Gasteiger partial charge in [-0.3, -0.25) is 14.5 Å². The molecule has 230 valence electrons. The highest BCUT2D eigenvalue weighted by Gasteiger charge is 2.29. The van der Waals surface area contributed by atoms with E-state index in [2.05, 4.69) is 18.7 Å². The van der Waals surface area contributed by atoms with Gasteiger partial charge in [-0.05, 0) is 69.2 Å². The summed E-state index contributed by atoms with van der Waals surface area (Å²) in [6.07, 6.45) is 3.81. The molecule has 0 radical (unpaired) electrons. The van der Waals surface area contributed by atoms with Gasteiger partial charge in [0.15, 0.2) is 6.61 Å². The molecular formula is C32H46N4O5S. The average Bonchev–Trinajstić information content (AvgIpc) is 2.99. The summed E-state index contributed by atoms with van der Waals surface area (Å²) >= 11 is 0. The number of rotatable bonds is 7. The van der Waals surface area contributed by atoms with Crippen LogP contribution in [0.25, 0.3) is 0 Å². The minimum absolute atomic E-state index is 0.0689. The zero-order valence-corrected chi connectivity index (χ0v) is 26.3. The molecule has 0 N–H and O–H groups in total. The molecule has 0 saturated carbocycles. The average molecular weight is 599 g/mol. The number of hydrogen-bond donors (Lipinski definition) is 0. The molecule has 2 aromatic rings. The van der Waals surface area contributed by atoms with Crippen LogP contribution >= 0.6 is 0 Å². The Labute approximate surface area is 251 Å². The maximum absolute atomic E-state index is 13.8. The third-order valence-electron chi connectivity index (χ3n) is 8.43. The molecule has 0 atom stereocenters. The number of sulfonamides is 1. The first-order chi connectivity index (χ1) is 20.0. The minimum atomic E-state index is -3.21. The molecule has 2 aromatic carbocycles. The molecule has 2 aliphatic rings. The molecule has 0 aliphatic carbocycles. The van der Waals surface area contributed by atoms with Crippen LogP contribution in [0.15, 0.2) is 48.5 Å². The molecule has 1 fully saturated rings. The Bertz CT molecular complexity index is 1310. The van der Waals surface area contributed by atoms with Crippen molar-refractivity contribution in [3.63, 3.8) is 0 Å². The van der Waals surface area contributed by atoms with Crippen LogP contribution in [0.5, 0.6) is 5.75 Å². The summed E-state index contributed by atoms with van der Waals surface area (Å²) in [6, 6.07) is 15.7. The van der Waals surface area contributed by atoms with Gasteiger partial charge < -0.3 is 14.5 Å². The number of carbonyl (C=O) groups is 2. The number of amides is 2. The third-order valence-corrected chi connectivity index (χ3v) is 9.74. The summed E-state index contributed by atoms with van der Waals surface area (Å²) in [7, 11) is -3.21. The van der Waals surface area contributed by atoms with E-state index in [9.17, 15) is 18.0 Å². The van der Waals surface area contributed by atoms with Gasteiger partial charge in [0.1, 0.15) is 5.75 Å². The standard InChI is InChI=1S/C32H46N4O5S/c1-25(2)33-16-9-17-36(31(38)24-41-29-12-6-5-7-13-29)32-26(3)10-8-11-28(32)23-34(21-20-33)30(37)22-27-14-18-35(19-15-27)42(4,39)40/h5-8,10-13,25,27H,9,14-24H2,1-4H3. The highest BCUT2D eigenvalue weighted by molar-refractivity contribution is 7.88. The SMILES string of the molecule is Cc1cccc2c1N(C(=O)COc1ccccc1)CCCN(C(C)C)CCN(C(=O)CC1CCN(S(C)(=O)=O)CC1)C2. The van der Waals surface area contributed by atoms with Gasteiger partial charge in [-0.15, -0.1) is 0 Å². The number of carbonyl (C=O) groups excluding carboxylic acids is 2. The molecule has 4 rings (SSSR count). The molecule has 2 heterocycles. The molecule has 0 bridgehead atoms. The van der Waals surface area contributed by atoms with E-state index >= 15 is 0 Å². The predicted octanol–water partition coefficient (Wildman–Crippen LogP) is 3.91. The van der Waals surface area contributed by atoms with E-state index in [1.165, 1.54) is 10.6 Å². The molecule has 2 amide bonds. The number of hydrogen-bond acceptors (Lipinski definition) is 6.